The van der Waals surface area contributed by atoms with E-state index in [9.17, 15) is 18.0 Å². The molecule has 11 heteroatoms. The van der Waals surface area contributed by atoms with Gasteiger partial charge in [0.15, 0.2) is 5.69 Å². The first-order valence-electron chi connectivity index (χ1n) is 9.14. The second kappa shape index (κ2) is 8.42. The highest BCUT2D eigenvalue weighted by Crippen LogP contribution is 2.38. The number of anilines is 2. The molecule has 0 atom stereocenters. The fourth-order valence-corrected chi connectivity index (χ4v) is 3.58. The van der Waals surface area contributed by atoms with E-state index >= 15 is 0 Å². The van der Waals surface area contributed by atoms with Gasteiger partial charge in [-0.05, 0) is 48.2 Å². The maximum atomic E-state index is 12.6. The van der Waals surface area contributed by atoms with Crippen molar-refractivity contribution in [3.8, 4) is 11.5 Å². The zero-order valence-corrected chi connectivity index (χ0v) is 17.2. The fraction of sp³-hybridized carbons (Fsp3) is 0.0952. The molecule has 0 radical (unpaired) electrons. The van der Waals surface area contributed by atoms with E-state index in [1.165, 1.54) is 36.5 Å². The minimum absolute atomic E-state index is 0.0648. The quantitative estimate of drug-likeness (QED) is 0.351. The number of hydrogen-bond donors (Lipinski definition) is 2. The predicted octanol–water partition coefficient (Wildman–Crippen LogP) is 5.81. The number of alkyl halides is 3. The van der Waals surface area contributed by atoms with Gasteiger partial charge in [-0.15, -0.1) is 0 Å². The molecule has 0 bridgehead atoms. The molecule has 164 valence electrons. The fourth-order valence-electron chi connectivity index (χ4n) is 2.98. The first kappa shape index (κ1) is 21.5. The van der Waals surface area contributed by atoms with E-state index in [2.05, 4.69) is 15.3 Å². The number of fused-ring (bicyclic) bond motifs is 1. The van der Waals surface area contributed by atoms with Crippen LogP contribution in [-0.2, 0) is 7.05 Å². The summed E-state index contributed by atoms with van der Waals surface area (Å²) >= 11 is -0.185. The van der Waals surface area contributed by atoms with Crippen molar-refractivity contribution in [1.29, 1.82) is 0 Å². The average Bonchev–Trinajstić information content (AvgIpc) is 3.02. The van der Waals surface area contributed by atoms with Gasteiger partial charge in [0.1, 0.15) is 11.5 Å². The van der Waals surface area contributed by atoms with Crippen LogP contribution in [0.5, 0.6) is 11.5 Å². The number of hydrogen-bond acceptors (Lipinski definition) is 6. The van der Waals surface area contributed by atoms with Crippen LogP contribution in [-0.4, -0.2) is 31.1 Å². The Morgan fingerprint density at radius 1 is 1.12 bits per heavy atom. The van der Waals surface area contributed by atoms with Gasteiger partial charge >= 0.3 is 11.5 Å². The topological polar surface area (TPSA) is 89.3 Å². The molecule has 0 fully saturated rings. The molecule has 0 amide bonds. The molecule has 2 aromatic heterocycles. The van der Waals surface area contributed by atoms with E-state index in [1.807, 2.05) is 0 Å². The van der Waals surface area contributed by atoms with Gasteiger partial charge in [0.25, 0.3) is 0 Å². The van der Waals surface area contributed by atoms with Gasteiger partial charge in [-0.25, -0.2) is 14.8 Å². The summed E-state index contributed by atoms with van der Waals surface area (Å²) in [6.45, 7) is 0. The number of carbonyl (C=O) groups is 1. The van der Waals surface area contributed by atoms with Crippen LogP contribution in [0.3, 0.4) is 0 Å². The van der Waals surface area contributed by atoms with Gasteiger partial charge < -0.3 is 19.7 Å². The molecule has 2 aromatic carbocycles. The summed E-state index contributed by atoms with van der Waals surface area (Å²) in [5.41, 5.74) is -2.69. The van der Waals surface area contributed by atoms with Crippen LogP contribution in [0.1, 0.15) is 10.5 Å². The molecule has 0 spiro atoms. The second-order valence-electron chi connectivity index (χ2n) is 6.63. The lowest BCUT2D eigenvalue weighted by Crippen LogP contribution is -2.01. The number of halogens is 3. The highest BCUT2D eigenvalue weighted by Gasteiger charge is 2.29. The van der Waals surface area contributed by atoms with Gasteiger partial charge in [0.05, 0.1) is 11.0 Å². The van der Waals surface area contributed by atoms with Gasteiger partial charge in [-0.2, -0.15) is 13.2 Å². The molecular formula is C21H15F3N4O3S. The summed E-state index contributed by atoms with van der Waals surface area (Å²) < 4.78 is 45.4. The number of pyridine rings is 1. The molecule has 0 aliphatic heterocycles. The van der Waals surface area contributed by atoms with Gasteiger partial charge in [0, 0.05) is 36.0 Å². The van der Waals surface area contributed by atoms with Crippen molar-refractivity contribution in [2.75, 3.05) is 5.32 Å². The molecular weight excluding hydrogens is 445 g/mol. The number of aryl methyl sites for hydroxylation is 1. The van der Waals surface area contributed by atoms with Crippen LogP contribution >= 0.6 is 11.8 Å². The van der Waals surface area contributed by atoms with Crippen molar-refractivity contribution >= 4 is 40.4 Å². The lowest BCUT2D eigenvalue weighted by molar-refractivity contribution is -0.0328. The molecule has 4 aromatic rings. The van der Waals surface area contributed by atoms with Crippen LogP contribution in [0.25, 0.3) is 11.0 Å². The SMILES string of the molecule is Cn1c(Nc2cccc(SC(F)(F)F)c2)nc2cc(Oc3ccnc(C(=O)O)c3)ccc21. The van der Waals surface area contributed by atoms with Crippen LogP contribution in [0.4, 0.5) is 24.8 Å². The minimum Gasteiger partial charge on any atom is -0.477 e. The molecule has 0 saturated carbocycles. The third-order valence-corrected chi connectivity index (χ3v) is 5.08. The Kier molecular flexibility index (Phi) is 5.66. The van der Waals surface area contributed by atoms with Crippen molar-refractivity contribution in [2.45, 2.75) is 10.4 Å². The zero-order chi connectivity index (χ0) is 22.9. The van der Waals surface area contributed by atoms with Crippen LogP contribution < -0.4 is 10.1 Å². The Labute approximate surface area is 183 Å². The van der Waals surface area contributed by atoms with E-state index in [0.29, 0.717) is 28.7 Å². The number of carboxylic acid groups (broad SMARTS) is 1. The number of thioether (sulfide) groups is 1. The molecule has 4 rings (SSSR count). The zero-order valence-electron chi connectivity index (χ0n) is 16.4. The number of imidazole rings is 1. The number of carboxylic acids is 1. The largest absolute Gasteiger partial charge is 0.477 e. The predicted molar refractivity (Wildman–Crippen MR) is 114 cm³/mol. The summed E-state index contributed by atoms with van der Waals surface area (Å²) in [6, 6.07) is 14.0. The maximum absolute atomic E-state index is 12.6. The van der Waals surface area contributed by atoms with E-state index < -0.39 is 11.5 Å². The normalized spacial score (nSPS) is 11.5. The van der Waals surface area contributed by atoms with E-state index in [0.717, 1.165) is 5.52 Å². The molecule has 32 heavy (non-hydrogen) atoms. The number of nitrogens with one attached hydrogen (secondary N) is 1. The molecule has 7 nitrogen and oxygen atoms in total. The van der Waals surface area contributed by atoms with Gasteiger partial charge in [-0.3, -0.25) is 0 Å². The van der Waals surface area contributed by atoms with E-state index in [-0.39, 0.29) is 22.4 Å². The van der Waals surface area contributed by atoms with Gasteiger partial charge in [-0.1, -0.05) is 6.07 Å². The van der Waals surface area contributed by atoms with E-state index in [1.54, 1.807) is 35.9 Å². The summed E-state index contributed by atoms with van der Waals surface area (Å²) in [5, 5.41) is 12.1. The molecule has 0 unspecified atom stereocenters. The highest BCUT2D eigenvalue weighted by molar-refractivity contribution is 8.00. The standard InChI is InChI=1S/C21H15F3N4O3S/c1-28-18-6-5-13(31-14-7-8-25-17(11-14)19(29)30)10-16(18)27-20(28)26-12-3-2-4-15(9-12)32-21(22,23)24/h2-11H,1H3,(H,26,27)(H,29,30). The Morgan fingerprint density at radius 2 is 1.91 bits per heavy atom. The van der Waals surface area contributed by atoms with Crippen LogP contribution in [0.15, 0.2) is 65.7 Å². The van der Waals surface area contributed by atoms with Crippen molar-refractivity contribution in [1.82, 2.24) is 14.5 Å². The number of benzene rings is 2. The first-order chi connectivity index (χ1) is 15.2. The summed E-state index contributed by atoms with van der Waals surface area (Å²) in [7, 11) is 1.77. The number of rotatable bonds is 6. The van der Waals surface area contributed by atoms with Crippen LogP contribution in [0.2, 0.25) is 0 Å². The summed E-state index contributed by atoms with van der Waals surface area (Å²) in [5.74, 6) is 0.0192. The van der Waals surface area contributed by atoms with Crippen molar-refractivity contribution < 1.29 is 27.8 Å². The first-order valence-corrected chi connectivity index (χ1v) is 9.96. The Morgan fingerprint density at radius 3 is 2.66 bits per heavy atom. The third kappa shape index (κ3) is 4.94. The van der Waals surface area contributed by atoms with Crippen molar-refractivity contribution in [3.63, 3.8) is 0 Å². The Balaban J connectivity index is 1.57. The monoisotopic (exact) mass is 460 g/mol. The van der Waals surface area contributed by atoms with E-state index in [4.69, 9.17) is 9.84 Å². The number of ether oxygens (including phenoxy) is 1. The third-order valence-electron chi connectivity index (χ3n) is 4.36. The van der Waals surface area contributed by atoms with Crippen LogP contribution in [0, 0.1) is 0 Å². The lowest BCUT2D eigenvalue weighted by atomic mass is 10.3. The average molecular weight is 460 g/mol. The molecule has 0 saturated heterocycles. The Bertz CT molecular complexity index is 1310. The molecule has 0 aliphatic carbocycles. The summed E-state index contributed by atoms with van der Waals surface area (Å²) in [4.78, 5) is 19.4. The van der Waals surface area contributed by atoms with Crippen molar-refractivity contribution in [2.24, 2.45) is 7.05 Å². The van der Waals surface area contributed by atoms with Gasteiger partial charge in [0.2, 0.25) is 5.95 Å². The smallest absolute Gasteiger partial charge is 0.446 e. The number of nitrogens with zero attached hydrogens (tertiary/aromatic N) is 3. The van der Waals surface area contributed by atoms with Crippen molar-refractivity contribution in [3.05, 3.63) is 66.5 Å². The molecule has 2 N–H and O–H groups in total. The number of aromatic nitrogens is 3. The molecule has 0 aliphatic rings. The second-order valence-corrected chi connectivity index (χ2v) is 7.77. The number of aromatic carboxylic acids is 1. The summed E-state index contributed by atoms with van der Waals surface area (Å²) in [6.07, 6.45) is 1.34. The lowest BCUT2D eigenvalue weighted by Gasteiger charge is -2.09. The minimum atomic E-state index is -4.37. The Hall–Kier alpha value is -3.73. The molecule has 2 heterocycles. The highest BCUT2D eigenvalue weighted by atomic mass is 32.2. The maximum Gasteiger partial charge on any atom is 0.446 e.